The van der Waals surface area contributed by atoms with Gasteiger partial charge in [0.15, 0.2) is 5.78 Å². The van der Waals surface area contributed by atoms with Gasteiger partial charge in [-0.1, -0.05) is 12.1 Å². The number of allylic oxidation sites excluding steroid dienone is 1. The summed E-state index contributed by atoms with van der Waals surface area (Å²) in [7, 11) is 3.24. The molecular formula is C18H18O3. The summed E-state index contributed by atoms with van der Waals surface area (Å²) in [5, 5.41) is 0. The molecule has 0 aliphatic rings. The standard InChI is InChI=1S/C18H18O3/c1-13-12-14(5-11-18(13)21-3)4-10-17(19)15-6-8-16(20-2)9-7-15/h4-12H,1-3H3. The Morgan fingerprint density at radius 1 is 1.00 bits per heavy atom. The molecule has 3 nitrogen and oxygen atoms in total. The molecule has 0 unspecified atom stereocenters. The number of carbonyl (C=O) groups excluding carboxylic acids is 1. The van der Waals surface area contributed by atoms with Gasteiger partial charge in [0.2, 0.25) is 0 Å². The fourth-order valence-corrected chi connectivity index (χ4v) is 2.03. The largest absolute Gasteiger partial charge is 0.497 e. The van der Waals surface area contributed by atoms with Gasteiger partial charge in [-0.25, -0.2) is 0 Å². The highest BCUT2D eigenvalue weighted by atomic mass is 16.5. The molecule has 0 radical (unpaired) electrons. The third-order valence-electron chi connectivity index (χ3n) is 3.22. The lowest BCUT2D eigenvalue weighted by Crippen LogP contribution is -1.94. The minimum Gasteiger partial charge on any atom is -0.497 e. The Bertz CT molecular complexity index is 655. The number of hydrogen-bond acceptors (Lipinski definition) is 3. The molecule has 2 aromatic rings. The Balaban J connectivity index is 2.12. The number of hydrogen-bond donors (Lipinski definition) is 0. The van der Waals surface area contributed by atoms with Crippen molar-refractivity contribution in [2.24, 2.45) is 0 Å². The average molecular weight is 282 g/mol. The predicted octanol–water partition coefficient (Wildman–Crippen LogP) is 3.91. The van der Waals surface area contributed by atoms with Crippen LogP contribution in [-0.2, 0) is 0 Å². The monoisotopic (exact) mass is 282 g/mol. The molecule has 3 heteroatoms. The lowest BCUT2D eigenvalue weighted by molar-refractivity contribution is 0.104. The van der Waals surface area contributed by atoms with Crippen LogP contribution in [0.1, 0.15) is 21.5 Å². The zero-order chi connectivity index (χ0) is 15.2. The van der Waals surface area contributed by atoms with Crippen molar-refractivity contribution in [2.45, 2.75) is 6.92 Å². The van der Waals surface area contributed by atoms with E-state index in [2.05, 4.69) is 0 Å². The molecule has 0 saturated carbocycles. The predicted molar refractivity (Wildman–Crippen MR) is 84.1 cm³/mol. The second kappa shape index (κ2) is 6.75. The van der Waals surface area contributed by atoms with Gasteiger partial charge in [-0.2, -0.15) is 0 Å². The van der Waals surface area contributed by atoms with Crippen LogP contribution in [0.25, 0.3) is 6.08 Å². The first-order chi connectivity index (χ1) is 10.1. The van der Waals surface area contributed by atoms with E-state index in [4.69, 9.17) is 9.47 Å². The van der Waals surface area contributed by atoms with Crippen molar-refractivity contribution in [2.75, 3.05) is 14.2 Å². The number of carbonyl (C=O) groups is 1. The van der Waals surface area contributed by atoms with Crippen LogP contribution < -0.4 is 9.47 Å². The highest BCUT2D eigenvalue weighted by Crippen LogP contribution is 2.19. The number of ether oxygens (including phenoxy) is 2. The second-order valence-electron chi connectivity index (χ2n) is 4.66. The summed E-state index contributed by atoms with van der Waals surface area (Å²) in [6.07, 6.45) is 3.38. The summed E-state index contributed by atoms with van der Waals surface area (Å²) in [5.41, 5.74) is 2.64. The van der Waals surface area contributed by atoms with Crippen molar-refractivity contribution in [3.63, 3.8) is 0 Å². The summed E-state index contributed by atoms with van der Waals surface area (Å²) in [5.74, 6) is 1.54. The van der Waals surface area contributed by atoms with E-state index in [9.17, 15) is 4.79 Å². The molecule has 0 aliphatic carbocycles. The molecule has 0 aromatic heterocycles. The molecule has 0 fully saturated rings. The van der Waals surface area contributed by atoms with E-state index < -0.39 is 0 Å². The zero-order valence-electron chi connectivity index (χ0n) is 12.4. The summed E-state index contributed by atoms with van der Waals surface area (Å²) < 4.78 is 10.3. The maximum absolute atomic E-state index is 12.1. The van der Waals surface area contributed by atoms with Crippen molar-refractivity contribution in [3.8, 4) is 11.5 Å². The van der Waals surface area contributed by atoms with E-state index >= 15 is 0 Å². The van der Waals surface area contributed by atoms with Crippen LogP contribution in [-0.4, -0.2) is 20.0 Å². The molecular weight excluding hydrogens is 264 g/mol. The van der Waals surface area contributed by atoms with Crippen LogP contribution in [0.2, 0.25) is 0 Å². The van der Waals surface area contributed by atoms with Crippen LogP contribution in [0, 0.1) is 6.92 Å². The maximum atomic E-state index is 12.1. The molecule has 0 atom stereocenters. The summed E-state index contributed by atoms with van der Waals surface area (Å²) in [6, 6.07) is 12.9. The van der Waals surface area contributed by atoms with Gasteiger partial charge < -0.3 is 9.47 Å². The normalized spacial score (nSPS) is 10.6. The first kappa shape index (κ1) is 14.9. The lowest BCUT2D eigenvalue weighted by Gasteiger charge is -2.04. The van der Waals surface area contributed by atoms with Crippen LogP contribution in [0.3, 0.4) is 0 Å². The summed E-state index contributed by atoms with van der Waals surface area (Å²) >= 11 is 0. The van der Waals surface area contributed by atoms with Crippen LogP contribution in [0.4, 0.5) is 0 Å². The third-order valence-corrected chi connectivity index (χ3v) is 3.22. The average Bonchev–Trinajstić information content (AvgIpc) is 2.52. The van der Waals surface area contributed by atoms with Gasteiger partial charge in [0, 0.05) is 5.56 Å². The number of rotatable bonds is 5. The van der Waals surface area contributed by atoms with Gasteiger partial charge in [0.1, 0.15) is 11.5 Å². The van der Waals surface area contributed by atoms with Crippen LogP contribution >= 0.6 is 0 Å². The van der Waals surface area contributed by atoms with Gasteiger partial charge in [-0.05, 0) is 60.5 Å². The fraction of sp³-hybridized carbons (Fsp3) is 0.167. The Labute approximate surface area is 124 Å². The number of benzene rings is 2. The number of ketones is 1. The smallest absolute Gasteiger partial charge is 0.185 e. The molecule has 21 heavy (non-hydrogen) atoms. The molecule has 0 heterocycles. The number of aryl methyl sites for hydroxylation is 1. The van der Waals surface area contributed by atoms with E-state index in [-0.39, 0.29) is 5.78 Å². The Morgan fingerprint density at radius 2 is 1.71 bits per heavy atom. The van der Waals surface area contributed by atoms with Crippen molar-refractivity contribution in [1.29, 1.82) is 0 Å². The topological polar surface area (TPSA) is 35.5 Å². The van der Waals surface area contributed by atoms with Gasteiger partial charge >= 0.3 is 0 Å². The molecule has 0 aliphatic heterocycles. The molecule has 0 saturated heterocycles. The van der Waals surface area contributed by atoms with E-state index in [1.807, 2.05) is 25.1 Å². The van der Waals surface area contributed by atoms with Crippen LogP contribution in [0.5, 0.6) is 11.5 Å². The van der Waals surface area contributed by atoms with Crippen molar-refractivity contribution < 1.29 is 14.3 Å². The molecule has 2 aromatic carbocycles. The van der Waals surface area contributed by atoms with Gasteiger partial charge in [-0.15, -0.1) is 0 Å². The highest BCUT2D eigenvalue weighted by molar-refractivity contribution is 6.06. The highest BCUT2D eigenvalue weighted by Gasteiger charge is 2.02. The minimum absolute atomic E-state index is 0.0360. The molecule has 0 spiro atoms. The second-order valence-corrected chi connectivity index (χ2v) is 4.66. The van der Waals surface area contributed by atoms with Crippen molar-refractivity contribution >= 4 is 11.9 Å². The van der Waals surface area contributed by atoms with E-state index in [1.54, 1.807) is 50.6 Å². The van der Waals surface area contributed by atoms with Gasteiger partial charge in [0.25, 0.3) is 0 Å². The molecule has 108 valence electrons. The van der Waals surface area contributed by atoms with Gasteiger partial charge in [-0.3, -0.25) is 4.79 Å². The number of methoxy groups -OCH3 is 2. The molecule has 0 bridgehead atoms. The molecule has 2 rings (SSSR count). The Morgan fingerprint density at radius 3 is 2.29 bits per heavy atom. The van der Waals surface area contributed by atoms with E-state index in [1.165, 1.54) is 0 Å². The Kier molecular flexibility index (Phi) is 4.77. The SMILES string of the molecule is COc1ccc(C(=O)C=Cc2ccc(OC)c(C)c2)cc1. The van der Waals surface area contributed by atoms with Gasteiger partial charge in [0.05, 0.1) is 14.2 Å². The van der Waals surface area contributed by atoms with E-state index in [0.29, 0.717) is 5.56 Å². The molecule has 0 N–H and O–H groups in total. The Hall–Kier alpha value is -2.55. The summed E-state index contributed by atoms with van der Waals surface area (Å²) in [6.45, 7) is 1.97. The molecule has 0 amide bonds. The lowest BCUT2D eigenvalue weighted by atomic mass is 10.1. The quantitative estimate of drug-likeness (QED) is 0.616. The van der Waals surface area contributed by atoms with E-state index in [0.717, 1.165) is 22.6 Å². The first-order valence-electron chi connectivity index (χ1n) is 6.65. The first-order valence-corrected chi connectivity index (χ1v) is 6.65. The minimum atomic E-state index is -0.0360. The zero-order valence-corrected chi connectivity index (χ0v) is 12.4. The third kappa shape index (κ3) is 3.72. The van der Waals surface area contributed by atoms with Crippen molar-refractivity contribution in [1.82, 2.24) is 0 Å². The summed E-state index contributed by atoms with van der Waals surface area (Å²) in [4.78, 5) is 12.1. The fourth-order valence-electron chi connectivity index (χ4n) is 2.03. The van der Waals surface area contributed by atoms with Crippen molar-refractivity contribution in [3.05, 3.63) is 65.2 Å². The maximum Gasteiger partial charge on any atom is 0.185 e. The van der Waals surface area contributed by atoms with Crippen LogP contribution in [0.15, 0.2) is 48.5 Å².